The van der Waals surface area contributed by atoms with E-state index in [4.69, 9.17) is 10.5 Å². The number of nitrogens with two attached hydrogens (primary N) is 1. The number of amides is 1. The van der Waals surface area contributed by atoms with Crippen LogP contribution in [0.5, 0.6) is 5.75 Å². The second-order valence-corrected chi connectivity index (χ2v) is 5.56. The fourth-order valence-corrected chi connectivity index (χ4v) is 2.88. The summed E-state index contributed by atoms with van der Waals surface area (Å²) in [6.07, 6.45) is 5.05. The maximum atomic E-state index is 12.5. The first-order valence-electron chi connectivity index (χ1n) is 7.39. The topological polar surface area (TPSA) is 55.6 Å². The van der Waals surface area contributed by atoms with Crippen molar-refractivity contribution >= 4 is 11.6 Å². The molecule has 1 aliphatic rings. The highest BCUT2D eigenvalue weighted by atomic mass is 16.5. The molecule has 0 saturated heterocycles. The number of benzene rings is 1. The summed E-state index contributed by atoms with van der Waals surface area (Å²) < 4.78 is 5.44. The average Bonchev–Trinajstić information content (AvgIpc) is 2.90. The fraction of sp³-hybridized carbons (Fsp3) is 0.562. The third kappa shape index (κ3) is 3.65. The summed E-state index contributed by atoms with van der Waals surface area (Å²) >= 11 is 0. The van der Waals surface area contributed by atoms with Gasteiger partial charge in [0.1, 0.15) is 5.75 Å². The standard InChI is InChI=1S/C16H24N2O2/c1-3-20-15-9-13(8-14(17)10-15)16(19)18(2)11-12-6-4-5-7-12/h8-10,12H,3-7,11,17H2,1-2H3. The van der Waals surface area contributed by atoms with Gasteiger partial charge >= 0.3 is 0 Å². The van der Waals surface area contributed by atoms with E-state index in [2.05, 4.69) is 0 Å². The number of hydrogen-bond donors (Lipinski definition) is 1. The summed E-state index contributed by atoms with van der Waals surface area (Å²) in [6, 6.07) is 5.24. The van der Waals surface area contributed by atoms with Crippen LogP contribution in [-0.2, 0) is 0 Å². The molecule has 20 heavy (non-hydrogen) atoms. The van der Waals surface area contributed by atoms with Gasteiger partial charge in [-0.2, -0.15) is 0 Å². The molecule has 0 aliphatic heterocycles. The van der Waals surface area contributed by atoms with Crippen LogP contribution in [0.2, 0.25) is 0 Å². The SMILES string of the molecule is CCOc1cc(N)cc(C(=O)N(C)CC2CCCC2)c1. The lowest BCUT2D eigenvalue weighted by Crippen LogP contribution is -2.31. The second kappa shape index (κ2) is 6.64. The molecule has 1 aromatic rings. The number of nitrogen functional groups attached to an aromatic ring is 1. The van der Waals surface area contributed by atoms with Gasteiger partial charge in [-0.15, -0.1) is 0 Å². The normalized spacial score (nSPS) is 15.3. The minimum Gasteiger partial charge on any atom is -0.494 e. The van der Waals surface area contributed by atoms with E-state index < -0.39 is 0 Å². The lowest BCUT2D eigenvalue weighted by Gasteiger charge is -2.21. The molecular weight excluding hydrogens is 252 g/mol. The summed E-state index contributed by atoms with van der Waals surface area (Å²) in [7, 11) is 1.87. The van der Waals surface area contributed by atoms with Gasteiger partial charge in [-0.3, -0.25) is 4.79 Å². The molecular formula is C16H24N2O2. The smallest absolute Gasteiger partial charge is 0.253 e. The van der Waals surface area contributed by atoms with E-state index in [-0.39, 0.29) is 5.91 Å². The monoisotopic (exact) mass is 276 g/mol. The highest BCUT2D eigenvalue weighted by Crippen LogP contribution is 2.26. The van der Waals surface area contributed by atoms with Gasteiger partial charge in [0.05, 0.1) is 6.61 Å². The molecule has 0 unspecified atom stereocenters. The van der Waals surface area contributed by atoms with Crippen molar-refractivity contribution in [3.05, 3.63) is 23.8 Å². The van der Waals surface area contributed by atoms with E-state index in [1.54, 1.807) is 23.1 Å². The van der Waals surface area contributed by atoms with E-state index in [0.29, 0.717) is 29.5 Å². The zero-order chi connectivity index (χ0) is 14.5. The minimum atomic E-state index is 0.0187. The number of nitrogens with zero attached hydrogens (tertiary/aromatic N) is 1. The van der Waals surface area contributed by atoms with E-state index in [1.165, 1.54) is 25.7 Å². The highest BCUT2D eigenvalue weighted by Gasteiger charge is 2.20. The predicted molar refractivity (Wildman–Crippen MR) is 80.9 cm³/mol. The molecule has 1 saturated carbocycles. The molecule has 4 nitrogen and oxygen atoms in total. The first-order valence-corrected chi connectivity index (χ1v) is 7.39. The summed E-state index contributed by atoms with van der Waals surface area (Å²) in [5.74, 6) is 1.33. The van der Waals surface area contributed by atoms with Crippen LogP contribution in [0.25, 0.3) is 0 Å². The lowest BCUT2D eigenvalue weighted by atomic mass is 10.1. The fourth-order valence-electron chi connectivity index (χ4n) is 2.88. The van der Waals surface area contributed by atoms with Crippen molar-refractivity contribution in [3.63, 3.8) is 0 Å². The van der Waals surface area contributed by atoms with Crippen LogP contribution >= 0.6 is 0 Å². The number of carbonyl (C=O) groups excluding carboxylic acids is 1. The van der Waals surface area contributed by atoms with Crippen LogP contribution in [-0.4, -0.2) is 31.0 Å². The molecule has 0 atom stereocenters. The Morgan fingerprint density at radius 2 is 2.05 bits per heavy atom. The van der Waals surface area contributed by atoms with Crippen LogP contribution in [0, 0.1) is 5.92 Å². The zero-order valence-electron chi connectivity index (χ0n) is 12.4. The first-order chi connectivity index (χ1) is 9.60. The Morgan fingerprint density at radius 1 is 1.35 bits per heavy atom. The van der Waals surface area contributed by atoms with Gasteiger partial charge < -0.3 is 15.4 Å². The molecule has 1 aliphatic carbocycles. The third-order valence-corrected chi connectivity index (χ3v) is 3.84. The molecule has 110 valence electrons. The van der Waals surface area contributed by atoms with Crippen LogP contribution in [0.1, 0.15) is 43.0 Å². The zero-order valence-corrected chi connectivity index (χ0v) is 12.4. The second-order valence-electron chi connectivity index (χ2n) is 5.56. The Morgan fingerprint density at radius 3 is 2.70 bits per heavy atom. The van der Waals surface area contributed by atoms with E-state index in [1.807, 2.05) is 14.0 Å². The molecule has 0 radical (unpaired) electrons. The molecule has 0 spiro atoms. The van der Waals surface area contributed by atoms with Crippen molar-refractivity contribution in [2.45, 2.75) is 32.6 Å². The van der Waals surface area contributed by atoms with Gasteiger partial charge in [-0.05, 0) is 37.8 Å². The molecule has 2 rings (SSSR count). The van der Waals surface area contributed by atoms with E-state index in [9.17, 15) is 4.79 Å². The van der Waals surface area contributed by atoms with Gasteiger partial charge in [0, 0.05) is 30.9 Å². The van der Waals surface area contributed by atoms with Gasteiger partial charge in [-0.25, -0.2) is 0 Å². The lowest BCUT2D eigenvalue weighted by molar-refractivity contribution is 0.0773. The van der Waals surface area contributed by atoms with E-state index in [0.717, 1.165) is 6.54 Å². The third-order valence-electron chi connectivity index (χ3n) is 3.84. The van der Waals surface area contributed by atoms with Crippen molar-refractivity contribution in [3.8, 4) is 5.75 Å². The maximum absolute atomic E-state index is 12.5. The molecule has 2 N–H and O–H groups in total. The van der Waals surface area contributed by atoms with Crippen LogP contribution < -0.4 is 10.5 Å². The largest absolute Gasteiger partial charge is 0.494 e. The minimum absolute atomic E-state index is 0.0187. The summed E-state index contributed by atoms with van der Waals surface area (Å²) in [6.45, 7) is 3.31. The molecule has 0 aromatic heterocycles. The Kier molecular flexibility index (Phi) is 4.88. The van der Waals surface area contributed by atoms with Gasteiger partial charge in [0.25, 0.3) is 5.91 Å². The van der Waals surface area contributed by atoms with Crippen molar-refractivity contribution in [1.29, 1.82) is 0 Å². The Bertz CT molecular complexity index is 468. The van der Waals surface area contributed by atoms with Crippen molar-refractivity contribution in [2.75, 3.05) is 25.9 Å². The van der Waals surface area contributed by atoms with Gasteiger partial charge in [-0.1, -0.05) is 12.8 Å². The Labute approximate surface area is 120 Å². The average molecular weight is 276 g/mol. The van der Waals surface area contributed by atoms with Crippen molar-refractivity contribution in [1.82, 2.24) is 4.90 Å². The molecule has 0 heterocycles. The number of rotatable bonds is 5. The molecule has 0 bridgehead atoms. The summed E-state index contributed by atoms with van der Waals surface area (Å²) in [5, 5.41) is 0. The quantitative estimate of drug-likeness (QED) is 0.841. The van der Waals surface area contributed by atoms with Crippen molar-refractivity contribution in [2.24, 2.45) is 5.92 Å². The predicted octanol–water partition coefficient (Wildman–Crippen LogP) is 2.93. The van der Waals surface area contributed by atoms with Crippen LogP contribution in [0.3, 0.4) is 0 Å². The van der Waals surface area contributed by atoms with Crippen LogP contribution in [0.4, 0.5) is 5.69 Å². The number of carbonyl (C=O) groups is 1. The molecule has 1 fully saturated rings. The first kappa shape index (κ1) is 14.7. The summed E-state index contributed by atoms with van der Waals surface area (Å²) in [5.41, 5.74) is 7.01. The van der Waals surface area contributed by atoms with Gasteiger partial charge in [0.15, 0.2) is 0 Å². The molecule has 4 heteroatoms. The summed E-state index contributed by atoms with van der Waals surface area (Å²) in [4.78, 5) is 14.3. The molecule has 1 aromatic carbocycles. The van der Waals surface area contributed by atoms with Crippen molar-refractivity contribution < 1.29 is 9.53 Å². The Balaban J connectivity index is 2.06. The molecule has 1 amide bonds. The number of ether oxygens (including phenoxy) is 1. The number of anilines is 1. The number of hydrogen-bond acceptors (Lipinski definition) is 3. The van der Waals surface area contributed by atoms with E-state index >= 15 is 0 Å². The Hall–Kier alpha value is -1.71. The van der Waals surface area contributed by atoms with Gasteiger partial charge in [0.2, 0.25) is 0 Å². The maximum Gasteiger partial charge on any atom is 0.253 e. The highest BCUT2D eigenvalue weighted by molar-refractivity contribution is 5.95. The van der Waals surface area contributed by atoms with Crippen LogP contribution in [0.15, 0.2) is 18.2 Å².